The van der Waals surface area contributed by atoms with Crippen LogP contribution in [0.5, 0.6) is 17.2 Å². The zero-order valence-electron chi connectivity index (χ0n) is 19.1. The molecule has 0 unspecified atom stereocenters. The maximum absolute atomic E-state index is 13.0. The van der Waals surface area contributed by atoms with Crippen molar-refractivity contribution in [2.45, 2.75) is 38.1 Å². The Morgan fingerprint density at radius 3 is 2.61 bits per heavy atom. The molecule has 0 N–H and O–H groups in total. The number of carbonyl (C=O) groups is 1. The van der Waals surface area contributed by atoms with Crippen LogP contribution >= 0.6 is 0 Å². The van der Waals surface area contributed by atoms with Crippen molar-refractivity contribution in [1.29, 1.82) is 0 Å². The average molecular weight is 453 g/mol. The van der Waals surface area contributed by atoms with Gasteiger partial charge in [-0.2, -0.15) is 4.98 Å². The van der Waals surface area contributed by atoms with Crippen molar-refractivity contribution in [3.63, 3.8) is 0 Å². The minimum absolute atomic E-state index is 0.0671. The van der Waals surface area contributed by atoms with Crippen LogP contribution < -0.4 is 14.2 Å². The Balaban J connectivity index is 1.45. The van der Waals surface area contributed by atoms with E-state index in [1.165, 1.54) is 0 Å². The summed E-state index contributed by atoms with van der Waals surface area (Å²) in [6.07, 6.45) is 7.32. The molecule has 1 atom stereocenters. The second-order valence-electron chi connectivity index (χ2n) is 7.81. The van der Waals surface area contributed by atoms with Gasteiger partial charge in [0.15, 0.2) is 11.5 Å². The van der Waals surface area contributed by atoms with E-state index in [0.29, 0.717) is 47.4 Å². The van der Waals surface area contributed by atoms with Gasteiger partial charge < -0.3 is 23.6 Å². The van der Waals surface area contributed by atoms with Gasteiger partial charge in [-0.25, -0.2) is 0 Å². The summed E-state index contributed by atoms with van der Waals surface area (Å²) in [5, 5.41) is 4.07. The van der Waals surface area contributed by atoms with E-state index in [2.05, 4.69) is 15.1 Å². The first kappa shape index (κ1) is 22.6. The maximum atomic E-state index is 13.0. The monoisotopic (exact) mass is 452 g/mol. The number of nitrogens with zero attached hydrogens (tertiary/aromatic N) is 4. The summed E-state index contributed by atoms with van der Waals surface area (Å²) in [6, 6.07) is 7.53. The zero-order chi connectivity index (χ0) is 23.2. The number of rotatable bonds is 8. The van der Waals surface area contributed by atoms with Gasteiger partial charge in [0.05, 0.1) is 27.4 Å². The van der Waals surface area contributed by atoms with Crippen molar-refractivity contribution in [1.82, 2.24) is 20.0 Å². The number of benzene rings is 1. The third-order valence-corrected chi connectivity index (χ3v) is 5.84. The number of hydrogen-bond donors (Lipinski definition) is 0. The first-order chi connectivity index (χ1) is 16.1. The van der Waals surface area contributed by atoms with Crippen molar-refractivity contribution >= 4 is 5.91 Å². The van der Waals surface area contributed by atoms with E-state index in [4.69, 9.17) is 18.7 Å². The first-order valence-corrected chi connectivity index (χ1v) is 11.0. The van der Waals surface area contributed by atoms with Crippen LogP contribution in [0.4, 0.5) is 0 Å². The largest absolute Gasteiger partial charge is 0.493 e. The molecule has 4 rings (SSSR count). The molecule has 1 saturated heterocycles. The lowest BCUT2D eigenvalue weighted by Gasteiger charge is -2.36. The van der Waals surface area contributed by atoms with Gasteiger partial charge in [-0.1, -0.05) is 11.2 Å². The summed E-state index contributed by atoms with van der Waals surface area (Å²) >= 11 is 0. The Hall–Kier alpha value is -3.62. The van der Waals surface area contributed by atoms with Gasteiger partial charge in [0.1, 0.15) is 0 Å². The summed E-state index contributed by atoms with van der Waals surface area (Å²) < 4.78 is 21.6. The van der Waals surface area contributed by atoms with Crippen molar-refractivity contribution in [3.05, 3.63) is 48.1 Å². The molecule has 0 aliphatic carbocycles. The van der Waals surface area contributed by atoms with Gasteiger partial charge in [-0.15, -0.1) is 0 Å². The quantitative estimate of drug-likeness (QED) is 0.508. The SMILES string of the molecule is COc1cc(-c2noc(CCC(=O)N3CCCC[C@@H]3c3cccnc3)n2)cc(OC)c1OC. The van der Waals surface area contributed by atoms with Crippen LogP contribution in [0.15, 0.2) is 41.2 Å². The average Bonchev–Trinajstić information content (AvgIpc) is 3.36. The minimum atomic E-state index is 0.0671. The lowest BCUT2D eigenvalue weighted by molar-refractivity contribution is -0.135. The third kappa shape index (κ3) is 4.92. The summed E-state index contributed by atoms with van der Waals surface area (Å²) in [7, 11) is 4.64. The second-order valence-corrected chi connectivity index (χ2v) is 7.81. The molecule has 1 amide bonds. The van der Waals surface area contributed by atoms with Crippen molar-refractivity contribution in [2.75, 3.05) is 27.9 Å². The molecule has 9 nitrogen and oxygen atoms in total. The molecule has 0 spiro atoms. The van der Waals surface area contributed by atoms with Gasteiger partial charge in [-0.3, -0.25) is 9.78 Å². The van der Waals surface area contributed by atoms with Crippen LogP contribution in [0.1, 0.15) is 43.2 Å². The van der Waals surface area contributed by atoms with E-state index in [1.54, 1.807) is 39.7 Å². The fourth-order valence-corrected chi connectivity index (χ4v) is 4.19. The van der Waals surface area contributed by atoms with Crippen molar-refractivity contribution in [3.8, 4) is 28.6 Å². The highest BCUT2D eigenvalue weighted by Gasteiger charge is 2.28. The Kier molecular flexibility index (Phi) is 7.07. The molecule has 2 aromatic heterocycles. The molecule has 1 aliphatic heterocycles. The second kappa shape index (κ2) is 10.3. The lowest BCUT2D eigenvalue weighted by Crippen LogP contribution is -2.38. The van der Waals surface area contributed by atoms with Gasteiger partial charge in [0, 0.05) is 37.3 Å². The number of piperidine rings is 1. The smallest absolute Gasteiger partial charge is 0.227 e. The van der Waals surface area contributed by atoms with E-state index in [0.717, 1.165) is 31.4 Å². The van der Waals surface area contributed by atoms with Gasteiger partial charge in [0.25, 0.3) is 0 Å². The molecule has 1 aliphatic rings. The number of likely N-dealkylation sites (tertiary alicyclic amines) is 1. The molecule has 0 radical (unpaired) electrons. The Labute approximate surface area is 192 Å². The summed E-state index contributed by atoms with van der Waals surface area (Å²) in [4.78, 5) is 23.7. The molecule has 3 aromatic rings. The van der Waals surface area contributed by atoms with Crippen LogP contribution in [0.25, 0.3) is 11.4 Å². The van der Waals surface area contributed by atoms with E-state index >= 15 is 0 Å². The molecule has 33 heavy (non-hydrogen) atoms. The predicted octanol–water partition coefficient (Wildman–Crippen LogP) is 3.84. The number of amides is 1. The molecule has 1 fully saturated rings. The molecular formula is C24H28N4O5. The normalized spacial score (nSPS) is 15.8. The maximum Gasteiger partial charge on any atom is 0.227 e. The standard InChI is InChI=1S/C24H28N4O5/c1-30-19-13-17(14-20(31-2)23(19)32-3)24-26-21(33-27-24)9-10-22(29)28-12-5-4-8-18(28)16-7-6-11-25-15-16/h6-7,11,13-15,18H,4-5,8-10,12H2,1-3H3/t18-/m1/s1. The topological polar surface area (TPSA) is 99.8 Å². The van der Waals surface area contributed by atoms with Crippen LogP contribution in [-0.2, 0) is 11.2 Å². The zero-order valence-corrected chi connectivity index (χ0v) is 19.1. The molecule has 0 saturated carbocycles. The number of ether oxygens (including phenoxy) is 3. The molecule has 3 heterocycles. The molecule has 174 valence electrons. The number of methoxy groups -OCH3 is 3. The Morgan fingerprint density at radius 1 is 1.15 bits per heavy atom. The predicted molar refractivity (Wildman–Crippen MR) is 120 cm³/mol. The van der Waals surface area contributed by atoms with E-state index < -0.39 is 0 Å². The number of aromatic nitrogens is 3. The summed E-state index contributed by atoms with van der Waals surface area (Å²) in [6.45, 7) is 0.749. The molecule has 0 bridgehead atoms. The fourth-order valence-electron chi connectivity index (χ4n) is 4.19. The van der Waals surface area contributed by atoms with E-state index in [1.807, 2.05) is 23.2 Å². The van der Waals surface area contributed by atoms with E-state index in [9.17, 15) is 4.79 Å². The van der Waals surface area contributed by atoms with Gasteiger partial charge in [-0.05, 0) is 43.0 Å². The minimum Gasteiger partial charge on any atom is -0.493 e. The van der Waals surface area contributed by atoms with Crippen molar-refractivity contribution in [2.24, 2.45) is 0 Å². The number of carbonyl (C=O) groups excluding carboxylic acids is 1. The number of aryl methyl sites for hydroxylation is 1. The number of hydrogen-bond acceptors (Lipinski definition) is 8. The number of pyridine rings is 1. The highest BCUT2D eigenvalue weighted by Crippen LogP contribution is 2.40. The van der Waals surface area contributed by atoms with Crippen LogP contribution in [0.3, 0.4) is 0 Å². The summed E-state index contributed by atoms with van der Waals surface area (Å²) in [5.41, 5.74) is 1.74. The molecular weight excluding hydrogens is 424 g/mol. The van der Waals surface area contributed by atoms with Crippen molar-refractivity contribution < 1.29 is 23.5 Å². The highest BCUT2D eigenvalue weighted by molar-refractivity contribution is 5.77. The first-order valence-electron chi connectivity index (χ1n) is 11.0. The van der Waals surface area contributed by atoms with Crippen LogP contribution in [0, 0.1) is 0 Å². The Morgan fingerprint density at radius 2 is 1.94 bits per heavy atom. The molecule has 9 heteroatoms. The summed E-state index contributed by atoms with van der Waals surface area (Å²) in [5.74, 6) is 2.36. The Bertz CT molecular complexity index is 1060. The van der Waals surface area contributed by atoms with E-state index in [-0.39, 0.29) is 11.9 Å². The third-order valence-electron chi connectivity index (χ3n) is 5.84. The van der Waals surface area contributed by atoms with Crippen LogP contribution in [0.2, 0.25) is 0 Å². The van der Waals surface area contributed by atoms with Crippen LogP contribution in [-0.4, -0.2) is 53.8 Å². The lowest BCUT2D eigenvalue weighted by atomic mass is 9.96. The van der Waals surface area contributed by atoms with Gasteiger partial charge >= 0.3 is 0 Å². The van der Waals surface area contributed by atoms with Gasteiger partial charge in [0.2, 0.25) is 23.4 Å². The molecule has 1 aromatic carbocycles. The highest BCUT2D eigenvalue weighted by atomic mass is 16.5. The fraction of sp³-hybridized carbons (Fsp3) is 0.417.